The summed E-state index contributed by atoms with van der Waals surface area (Å²) in [6, 6.07) is 0. The van der Waals surface area contributed by atoms with Crippen LogP contribution in [0.2, 0.25) is 0 Å². The summed E-state index contributed by atoms with van der Waals surface area (Å²) in [6.45, 7) is 6.59. The minimum Gasteiger partial charge on any atom is -0.478 e. The molecule has 0 saturated heterocycles. The highest BCUT2D eigenvalue weighted by Crippen LogP contribution is 1.81. The Kier molecular flexibility index (Phi) is 11.2. The summed E-state index contributed by atoms with van der Waals surface area (Å²) in [5.74, 6) is -1.13. The van der Waals surface area contributed by atoms with E-state index in [0.29, 0.717) is 6.42 Å². The molecule has 0 aliphatic rings. The number of hydrogen-bond acceptors (Lipinski definition) is 3. The number of allylic oxidation sites excluding steroid dienone is 1. The monoisotopic (exact) mass is 186 g/mol. The Balaban J connectivity index is 0. The highest BCUT2D eigenvalue weighted by atomic mass is 16.5. The maximum Gasteiger partial charge on any atom is 0.327 e. The predicted octanol–water partition coefficient (Wildman–Crippen LogP) is 1.73. The van der Waals surface area contributed by atoms with Crippen molar-refractivity contribution in [2.45, 2.75) is 20.3 Å². The summed E-state index contributed by atoms with van der Waals surface area (Å²) < 4.78 is 4.32. The van der Waals surface area contributed by atoms with Crippen LogP contribution in [0.5, 0.6) is 0 Å². The smallest absolute Gasteiger partial charge is 0.327 e. The fourth-order valence-corrected chi connectivity index (χ4v) is 0.319. The highest BCUT2D eigenvalue weighted by Gasteiger charge is 1.89. The molecular formula is C9H14O4. The molecule has 4 nitrogen and oxygen atoms in total. The van der Waals surface area contributed by atoms with Crippen LogP contribution in [0, 0.1) is 0 Å². The first-order valence-electron chi connectivity index (χ1n) is 3.74. The van der Waals surface area contributed by atoms with E-state index in [0.717, 1.165) is 12.3 Å². The van der Waals surface area contributed by atoms with Gasteiger partial charge in [0.15, 0.2) is 0 Å². The van der Waals surface area contributed by atoms with E-state index in [1.807, 2.05) is 0 Å². The molecule has 0 saturated carbocycles. The van der Waals surface area contributed by atoms with Gasteiger partial charge in [0, 0.05) is 12.5 Å². The van der Waals surface area contributed by atoms with E-state index < -0.39 is 5.97 Å². The predicted molar refractivity (Wildman–Crippen MR) is 49.0 cm³/mol. The molecule has 0 bridgehead atoms. The van der Waals surface area contributed by atoms with Gasteiger partial charge in [0.1, 0.15) is 0 Å². The van der Waals surface area contributed by atoms with Crippen LogP contribution in [-0.2, 0) is 14.3 Å². The lowest BCUT2D eigenvalue weighted by atomic mass is 10.5. The molecule has 0 aromatic rings. The molecule has 0 radical (unpaired) electrons. The molecule has 0 amide bonds. The summed E-state index contributed by atoms with van der Waals surface area (Å²) in [4.78, 5) is 19.6. The second-order valence-corrected chi connectivity index (χ2v) is 1.85. The van der Waals surface area contributed by atoms with Crippen LogP contribution in [-0.4, -0.2) is 17.0 Å². The van der Waals surface area contributed by atoms with Gasteiger partial charge in [-0.3, -0.25) is 4.79 Å². The van der Waals surface area contributed by atoms with E-state index in [2.05, 4.69) is 11.3 Å². The number of carbonyl (C=O) groups is 2. The van der Waals surface area contributed by atoms with E-state index in [1.165, 1.54) is 6.08 Å². The number of rotatable bonds is 3. The number of ether oxygens (including phenoxy) is 1. The molecule has 0 rings (SSSR count). The largest absolute Gasteiger partial charge is 0.478 e. The number of hydrogen-bond donors (Lipinski definition) is 1. The van der Waals surface area contributed by atoms with E-state index in [-0.39, 0.29) is 5.97 Å². The Morgan fingerprint density at radius 2 is 2.08 bits per heavy atom. The fraction of sp³-hybridized carbons (Fsp3) is 0.333. The van der Waals surface area contributed by atoms with E-state index in [1.54, 1.807) is 13.8 Å². The highest BCUT2D eigenvalue weighted by molar-refractivity contribution is 5.79. The van der Waals surface area contributed by atoms with Crippen molar-refractivity contribution in [2.75, 3.05) is 0 Å². The molecule has 4 heteroatoms. The summed E-state index contributed by atoms with van der Waals surface area (Å²) in [5.41, 5.74) is 0. The molecular weight excluding hydrogens is 172 g/mol. The SMILES string of the molecule is C/C=C/C(=O)O.C=COC(=O)CC. The molecule has 0 spiro atoms. The Hall–Kier alpha value is -1.58. The Labute approximate surface area is 77.5 Å². The van der Waals surface area contributed by atoms with Gasteiger partial charge in [0.05, 0.1) is 6.26 Å². The second-order valence-electron chi connectivity index (χ2n) is 1.85. The normalized spacial score (nSPS) is 8.46. The van der Waals surface area contributed by atoms with Crippen molar-refractivity contribution < 1.29 is 19.4 Å². The summed E-state index contributed by atoms with van der Waals surface area (Å²) in [6.07, 6.45) is 4.10. The van der Waals surface area contributed by atoms with Gasteiger partial charge in [-0.15, -0.1) is 0 Å². The number of aliphatic carboxylic acids is 1. The zero-order valence-corrected chi connectivity index (χ0v) is 7.82. The third-order valence-corrected chi connectivity index (χ3v) is 0.813. The summed E-state index contributed by atoms with van der Waals surface area (Å²) >= 11 is 0. The van der Waals surface area contributed by atoms with Crippen molar-refractivity contribution in [3.8, 4) is 0 Å². The van der Waals surface area contributed by atoms with Gasteiger partial charge in [-0.25, -0.2) is 4.79 Å². The van der Waals surface area contributed by atoms with Crippen molar-refractivity contribution >= 4 is 11.9 Å². The Morgan fingerprint density at radius 1 is 1.54 bits per heavy atom. The molecule has 0 aromatic carbocycles. The first kappa shape index (κ1) is 14.0. The number of esters is 1. The van der Waals surface area contributed by atoms with Crippen LogP contribution in [0.1, 0.15) is 20.3 Å². The second kappa shape index (κ2) is 10.4. The van der Waals surface area contributed by atoms with Gasteiger partial charge in [0.2, 0.25) is 0 Å². The lowest BCUT2D eigenvalue weighted by Crippen LogP contribution is -1.94. The first-order chi connectivity index (χ1) is 6.08. The van der Waals surface area contributed by atoms with Crippen LogP contribution < -0.4 is 0 Å². The molecule has 0 heterocycles. The minimum atomic E-state index is -0.891. The zero-order valence-electron chi connectivity index (χ0n) is 7.82. The van der Waals surface area contributed by atoms with Gasteiger partial charge in [-0.1, -0.05) is 19.6 Å². The third-order valence-electron chi connectivity index (χ3n) is 0.813. The lowest BCUT2D eigenvalue weighted by molar-refractivity contribution is -0.137. The van der Waals surface area contributed by atoms with Crippen molar-refractivity contribution in [3.63, 3.8) is 0 Å². The maximum atomic E-state index is 10.1. The van der Waals surface area contributed by atoms with Crippen LogP contribution in [0.15, 0.2) is 25.0 Å². The molecule has 1 N–H and O–H groups in total. The van der Waals surface area contributed by atoms with Crippen LogP contribution >= 0.6 is 0 Å². The van der Waals surface area contributed by atoms with Crippen molar-refractivity contribution in [1.29, 1.82) is 0 Å². The van der Waals surface area contributed by atoms with Gasteiger partial charge < -0.3 is 9.84 Å². The van der Waals surface area contributed by atoms with Gasteiger partial charge in [-0.2, -0.15) is 0 Å². The number of carbonyl (C=O) groups excluding carboxylic acids is 1. The summed E-state index contributed by atoms with van der Waals surface area (Å²) in [7, 11) is 0. The maximum absolute atomic E-state index is 10.1. The van der Waals surface area contributed by atoms with Crippen LogP contribution in [0.25, 0.3) is 0 Å². The molecule has 0 unspecified atom stereocenters. The summed E-state index contributed by atoms with van der Waals surface area (Å²) in [5, 5.41) is 7.83. The third kappa shape index (κ3) is 17.9. The quantitative estimate of drug-likeness (QED) is 0.414. The van der Waals surface area contributed by atoms with Crippen LogP contribution in [0.4, 0.5) is 0 Å². The number of carboxylic acids is 1. The molecule has 0 aromatic heterocycles. The molecule has 0 fully saturated rings. The average Bonchev–Trinajstić information content (AvgIpc) is 2.05. The number of carboxylic acid groups (broad SMARTS) is 1. The Bertz CT molecular complexity index is 194. The Morgan fingerprint density at radius 3 is 2.15 bits per heavy atom. The molecule has 0 aliphatic carbocycles. The fourth-order valence-electron chi connectivity index (χ4n) is 0.319. The zero-order chi connectivity index (χ0) is 10.7. The van der Waals surface area contributed by atoms with Crippen molar-refractivity contribution in [3.05, 3.63) is 25.0 Å². The average molecular weight is 186 g/mol. The van der Waals surface area contributed by atoms with E-state index >= 15 is 0 Å². The molecule has 0 aliphatic heterocycles. The molecule has 74 valence electrons. The molecule has 13 heavy (non-hydrogen) atoms. The lowest BCUT2D eigenvalue weighted by Gasteiger charge is -1.88. The standard InChI is InChI=1S/C5H8O2.C4H6O2/c1-3-5(6)7-4-2;1-2-3-4(5)6/h4H,2-3H2,1H3;2-3H,1H3,(H,5,6)/b;3-2+. The van der Waals surface area contributed by atoms with Crippen LogP contribution in [0.3, 0.4) is 0 Å². The minimum absolute atomic E-state index is 0.241. The van der Waals surface area contributed by atoms with Gasteiger partial charge in [0.25, 0.3) is 0 Å². The van der Waals surface area contributed by atoms with Gasteiger partial charge >= 0.3 is 11.9 Å². The van der Waals surface area contributed by atoms with E-state index in [9.17, 15) is 9.59 Å². The molecule has 0 atom stereocenters. The van der Waals surface area contributed by atoms with Gasteiger partial charge in [-0.05, 0) is 6.92 Å². The topological polar surface area (TPSA) is 63.6 Å². The van der Waals surface area contributed by atoms with E-state index in [4.69, 9.17) is 5.11 Å². The van der Waals surface area contributed by atoms with Crippen molar-refractivity contribution in [1.82, 2.24) is 0 Å². The first-order valence-corrected chi connectivity index (χ1v) is 3.74. The van der Waals surface area contributed by atoms with Crippen molar-refractivity contribution in [2.24, 2.45) is 0 Å².